The van der Waals surface area contributed by atoms with E-state index in [2.05, 4.69) is 20.6 Å². The summed E-state index contributed by atoms with van der Waals surface area (Å²) in [4.78, 5) is 32.4. The van der Waals surface area contributed by atoms with E-state index in [1.165, 1.54) is 11.3 Å². The lowest BCUT2D eigenvalue weighted by Crippen LogP contribution is -2.34. The van der Waals surface area contributed by atoms with E-state index in [1.807, 2.05) is 18.2 Å². The van der Waals surface area contributed by atoms with E-state index >= 15 is 0 Å². The SMILES string of the molecule is CCOC(=O)NCCNC(=O)c1sc(-c2ccccn2)nc1C. The minimum absolute atomic E-state index is 0.215. The van der Waals surface area contributed by atoms with E-state index in [9.17, 15) is 9.59 Å². The first-order valence-electron chi connectivity index (χ1n) is 7.19. The maximum atomic E-state index is 12.2. The van der Waals surface area contributed by atoms with Gasteiger partial charge in [0.2, 0.25) is 0 Å². The van der Waals surface area contributed by atoms with Gasteiger partial charge in [0.05, 0.1) is 18.0 Å². The minimum atomic E-state index is -0.492. The second-order valence-electron chi connectivity index (χ2n) is 4.55. The third-order valence-corrected chi connectivity index (χ3v) is 4.02. The molecule has 0 aliphatic carbocycles. The average Bonchev–Trinajstić information content (AvgIpc) is 2.94. The number of alkyl carbamates (subject to hydrolysis) is 1. The molecule has 23 heavy (non-hydrogen) atoms. The van der Waals surface area contributed by atoms with Gasteiger partial charge >= 0.3 is 6.09 Å². The Labute approximate surface area is 138 Å². The fourth-order valence-electron chi connectivity index (χ4n) is 1.81. The van der Waals surface area contributed by atoms with Crippen LogP contribution in [0.1, 0.15) is 22.3 Å². The number of rotatable bonds is 6. The number of aromatic nitrogens is 2. The van der Waals surface area contributed by atoms with Crippen LogP contribution in [0, 0.1) is 6.92 Å². The van der Waals surface area contributed by atoms with Crippen LogP contribution in [0.2, 0.25) is 0 Å². The van der Waals surface area contributed by atoms with Crippen molar-refractivity contribution in [1.82, 2.24) is 20.6 Å². The van der Waals surface area contributed by atoms with Crippen molar-refractivity contribution in [2.24, 2.45) is 0 Å². The topological polar surface area (TPSA) is 93.2 Å². The Bertz CT molecular complexity index is 673. The number of thiazole rings is 1. The fraction of sp³-hybridized carbons (Fsp3) is 0.333. The Morgan fingerprint density at radius 2 is 2.04 bits per heavy atom. The molecule has 0 spiro atoms. The summed E-state index contributed by atoms with van der Waals surface area (Å²) in [5, 5.41) is 5.99. The highest BCUT2D eigenvalue weighted by Crippen LogP contribution is 2.26. The Morgan fingerprint density at radius 3 is 2.74 bits per heavy atom. The third-order valence-electron chi connectivity index (χ3n) is 2.84. The molecular weight excluding hydrogens is 316 g/mol. The molecule has 0 saturated carbocycles. The van der Waals surface area contributed by atoms with E-state index in [0.29, 0.717) is 35.3 Å². The Morgan fingerprint density at radius 1 is 1.26 bits per heavy atom. The van der Waals surface area contributed by atoms with Gasteiger partial charge in [-0.25, -0.2) is 9.78 Å². The van der Waals surface area contributed by atoms with Crippen molar-refractivity contribution in [2.45, 2.75) is 13.8 Å². The molecule has 7 nitrogen and oxygen atoms in total. The molecule has 0 saturated heterocycles. The smallest absolute Gasteiger partial charge is 0.407 e. The van der Waals surface area contributed by atoms with Gasteiger partial charge in [0.25, 0.3) is 5.91 Å². The van der Waals surface area contributed by atoms with Crippen molar-refractivity contribution >= 4 is 23.3 Å². The highest BCUT2D eigenvalue weighted by atomic mass is 32.1. The molecule has 2 heterocycles. The van der Waals surface area contributed by atoms with Crippen LogP contribution in [0.4, 0.5) is 4.79 Å². The molecule has 0 fully saturated rings. The van der Waals surface area contributed by atoms with Gasteiger partial charge in [0.15, 0.2) is 0 Å². The van der Waals surface area contributed by atoms with Crippen LogP contribution in [0.3, 0.4) is 0 Å². The maximum Gasteiger partial charge on any atom is 0.407 e. The van der Waals surface area contributed by atoms with E-state index in [0.717, 1.165) is 5.69 Å². The lowest BCUT2D eigenvalue weighted by molar-refractivity contribution is 0.0955. The van der Waals surface area contributed by atoms with Gasteiger partial charge in [-0.15, -0.1) is 11.3 Å². The molecule has 122 valence electrons. The summed E-state index contributed by atoms with van der Waals surface area (Å²) < 4.78 is 4.73. The van der Waals surface area contributed by atoms with Gasteiger partial charge in [0.1, 0.15) is 9.88 Å². The van der Waals surface area contributed by atoms with Gasteiger partial charge in [0, 0.05) is 19.3 Å². The fourth-order valence-corrected chi connectivity index (χ4v) is 2.77. The normalized spacial score (nSPS) is 10.2. The summed E-state index contributed by atoms with van der Waals surface area (Å²) >= 11 is 1.30. The number of carbonyl (C=O) groups excluding carboxylic acids is 2. The zero-order valence-electron chi connectivity index (χ0n) is 13.0. The number of amides is 2. The number of aryl methyl sites for hydroxylation is 1. The van der Waals surface area contributed by atoms with Crippen LogP contribution in [-0.2, 0) is 4.74 Å². The molecule has 0 bridgehead atoms. The molecule has 2 rings (SSSR count). The summed E-state index contributed by atoms with van der Waals surface area (Å²) in [6.07, 6.45) is 1.19. The van der Waals surface area contributed by atoms with Crippen molar-refractivity contribution in [3.63, 3.8) is 0 Å². The van der Waals surface area contributed by atoms with Crippen LogP contribution in [0.5, 0.6) is 0 Å². The molecule has 2 N–H and O–H groups in total. The van der Waals surface area contributed by atoms with Crippen LogP contribution >= 0.6 is 11.3 Å². The zero-order chi connectivity index (χ0) is 16.7. The Balaban J connectivity index is 1.90. The molecule has 0 aromatic carbocycles. The van der Waals surface area contributed by atoms with Crippen LogP contribution < -0.4 is 10.6 Å². The van der Waals surface area contributed by atoms with Gasteiger partial charge in [-0.2, -0.15) is 0 Å². The summed E-state index contributed by atoms with van der Waals surface area (Å²) in [6.45, 7) is 4.44. The largest absolute Gasteiger partial charge is 0.450 e. The molecule has 8 heteroatoms. The number of hydrogen-bond acceptors (Lipinski definition) is 6. The molecule has 0 aliphatic rings. The lowest BCUT2D eigenvalue weighted by atomic mass is 10.3. The van der Waals surface area contributed by atoms with Crippen LogP contribution in [-0.4, -0.2) is 41.7 Å². The summed E-state index contributed by atoms with van der Waals surface area (Å²) in [7, 11) is 0. The Hall–Kier alpha value is -2.48. The first-order chi connectivity index (χ1) is 11.1. The standard InChI is InChI=1S/C15H18N4O3S/c1-3-22-15(21)18-9-8-17-13(20)12-10(2)19-14(23-12)11-6-4-5-7-16-11/h4-7H,3,8-9H2,1-2H3,(H,17,20)(H,18,21). The van der Waals surface area contributed by atoms with Crippen molar-refractivity contribution in [2.75, 3.05) is 19.7 Å². The van der Waals surface area contributed by atoms with Gasteiger partial charge in [-0.05, 0) is 26.0 Å². The van der Waals surface area contributed by atoms with Crippen molar-refractivity contribution < 1.29 is 14.3 Å². The summed E-state index contributed by atoms with van der Waals surface area (Å²) in [6, 6.07) is 5.55. The number of pyridine rings is 1. The van der Waals surface area contributed by atoms with Crippen LogP contribution in [0.25, 0.3) is 10.7 Å². The highest BCUT2D eigenvalue weighted by molar-refractivity contribution is 7.17. The predicted molar refractivity (Wildman–Crippen MR) is 87.4 cm³/mol. The Kier molecular flexibility index (Phi) is 6.04. The molecule has 2 aromatic rings. The van der Waals surface area contributed by atoms with E-state index in [4.69, 9.17) is 4.74 Å². The van der Waals surface area contributed by atoms with Crippen LogP contribution in [0.15, 0.2) is 24.4 Å². The molecule has 0 unspecified atom stereocenters. The number of nitrogens with zero attached hydrogens (tertiary/aromatic N) is 2. The zero-order valence-corrected chi connectivity index (χ0v) is 13.8. The van der Waals surface area contributed by atoms with Crippen molar-refractivity contribution in [3.8, 4) is 10.7 Å². The second-order valence-corrected chi connectivity index (χ2v) is 5.55. The first kappa shape index (κ1) is 16.9. The summed E-state index contributed by atoms with van der Waals surface area (Å²) in [5.74, 6) is -0.215. The molecule has 2 amide bonds. The van der Waals surface area contributed by atoms with Crippen molar-refractivity contribution in [1.29, 1.82) is 0 Å². The minimum Gasteiger partial charge on any atom is -0.450 e. The van der Waals surface area contributed by atoms with Gasteiger partial charge < -0.3 is 15.4 Å². The molecule has 0 aliphatic heterocycles. The van der Waals surface area contributed by atoms with E-state index < -0.39 is 6.09 Å². The number of ether oxygens (including phenoxy) is 1. The van der Waals surface area contributed by atoms with Gasteiger partial charge in [-0.3, -0.25) is 9.78 Å². The van der Waals surface area contributed by atoms with Crippen molar-refractivity contribution in [3.05, 3.63) is 35.0 Å². The predicted octanol–water partition coefficient (Wildman–Crippen LogP) is 1.99. The lowest BCUT2D eigenvalue weighted by Gasteiger charge is -2.06. The molecule has 0 atom stereocenters. The number of nitrogens with one attached hydrogen (secondary N) is 2. The molecule has 0 radical (unpaired) electrons. The number of hydrogen-bond donors (Lipinski definition) is 2. The van der Waals surface area contributed by atoms with E-state index in [-0.39, 0.29) is 5.91 Å². The molecular formula is C15H18N4O3S. The third kappa shape index (κ3) is 4.75. The monoisotopic (exact) mass is 334 g/mol. The molecule has 2 aromatic heterocycles. The second kappa shape index (κ2) is 8.23. The number of carbonyl (C=O) groups is 2. The average molecular weight is 334 g/mol. The van der Waals surface area contributed by atoms with E-state index in [1.54, 1.807) is 20.0 Å². The highest BCUT2D eigenvalue weighted by Gasteiger charge is 2.16. The van der Waals surface area contributed by atoms with Gasteiger partial charge in [-0.1, -0.05) is 6.07 Å². The first-order valence-corrected chi connectivity index (χ1v) is 8.01. The maximum absolute atomic E-state index is 12.2. The quantitative estimate of drug-likeness (QED) is 0.788. The summed E-state index contributed by atoms with van der Waals surface area (Å²) in [5.41, 5.74) is 1.40.